The van der Waals surface area contributed by atoms with Crippen LogP contribution in [0.1, 0.15) is 6.42 Å². The Kier molecular flexibility index (Phi) is 5.80. The van der Waals surface area contributed by atoms with E-state index in [2.05, 4.69) is 4.72 Å². The molecule has 1 rings (SSSR count). The van der Waals surface area contributed by atoms with Gasteiger partial charge in [0.25, 0.3) is 0 Å². The second-order valence-corrected chi connectivity index (χ2v) is 5.61. The minimum absolute atomic E-state index is 0.110. The van der Waals surface area contributed by atoms with Crippen molar-refractivity contribution in [2.45, 2.75) is 17.4 Å². The summed E-state index contributed by atoms with van der Waals surface area (Å²) in [7, 11) is -2.67. The van der Waals surface area contributed by atoms with Gasteiger partial charge in [-0.05, 0) is 25.1 Å². The first kappa shape index (κ1) is 16.0. The van der Waals surface area contributed by atoms with Crippen molar-refractivity contribution < 1.29 is 21.9 Å². The van der Waals surface area contributed by atoms with Gasteiger partial charge in [0.2, 0.25) is 10.0 Å². The van der Waals surface area contributed by atoms with Crippen LogP contribution in [-0.2, 0) is 14.8 Å². The predicted octanol–water partition coefficient (Wildman–Crippen LogP) is 0.607. The molecule has 0 bridgehead atoms. The molecule has 0 aromatic heterocycles. The second kappa shape index (κ2) is 6.90. The molecule has 0 heterocycles. The van der Waals surface area contributed by atoms with Crippen LogP contribution in [0.15, 0.2) is 23.1 Å². The largest absolute Gasteiger partial charge is 0.383 e. The van der Waals surface area contributed by atoms with Crippen molar-refractivity contribution in [1.29, 1.82) is 0 Å². The maximum Gasteiger partial charge on any atom is 0.243 e. The molecule has 0 aliphatic heterocycles. The Morgan fingerprint density at radius 3 is 2.63 bits per heavy atom. The molecule has 5 nitrogen and oxygen atoms in total. The lowest BCUT2D eigenvalue weighted by molar-refractivity contribution is 0.172. The molecular weight excluding hydrogens is 278 g/mol. The third kappa shape index (κ3) is 4.50. The van der Waals surface area contributed by atoms with E-state index in [0.29, 0.717) is 12.5 Å². The molecule has 1 aromatic rings. The van der Waals surface area contributed by atoms with Crippen molar-refractivity contribution in [2.24, 2.45) is 5.73 Å². The lowest BCUT2D eigenvalue weighted by atomic mass is 10.2. The first-order valence-corrected chi connectivity index (χ1v) is 7.05. The summed E-state index contributed by atoms with van der Waals surface area (Å²) in [6.45, 7) is 0.363. The van der Waals surface area contributed by atoms with Crippen LogP contribution in [-0.4, -0.2) is 34.7 Å². The molecule has 0 spiro atoms. The Morgan fingerprint density at radius 1 is 1.42 bits per heavy atom. The minimum atomic E-state index is -4.08. The molecule has 0 saturated carbocycles. The SMILES string of the molecule is COCC(CCN)NS(=O)(=O)c1ccc(F)cc1F. The van der Waals surface area contributed by atoms with Crippen LogP contribution in [0.2, 0.25) is 0 Å². The third-order valence-electron chi connectivity index (χ3n) is 2.39. The highest BCUT2D eigenvalue weighted by molar-refractivity contribution is 7.89. The third-order valence-corrected chi connectivity index (χ3v) is 3.94. The topological polar surface area (TPSA) is 81.4 Å². The van der Waals surface area contributed by atoms with E-state index in [-0.39, 0.29) is 13.2 Å². The van der Waals surface area contributed by atoms with Gasteiger partial charge in [-0.2, -0.15) is 0 Å². The fraction of sp³-hybridized carbons (Fsp3) is 0.455. The van der Waals surface area contributed by atoms with Gasteiger partial charge in [0.1, 0.15) is 16.5 Å². The average Bonchev–Trinajstić information content (AvgIpc) is 2.28. The summed E-state index contributed by atoms with van der Waals surface area (Å²) < 4.78 is 57.2. The molecule has 0 radical (unpaired) electrons. The molecule has 1 unspecified atom stereocenters. The van der Waals surface area contributed by atoms with Gasteiger partial charge >= 0.3 is 0 Å². The summed E-state index contributed by atoms with van der Waals surface area (Å²) in [6.07, 6.45) is 0.343. The second-order valence-electron chi connectivity index (χ2n) is 3.93. The number of nitrogens with one attached hydrogen (secondary N) is 1. The Hall–Kier alpha value is -1.09. The first-order valence-electron chi connectivity index (χ1n) is 5.57. The van der Waals surface area contributed by atoms with Crippen molar-refractivity contribution in [1.82, 2.24) is 4.72 Å². The first-order chi connectivity index (χ1) is 8.90. The maximum atomic E-state index is 13.5. The summed E-state index contributed by atoms with van der Waals surface area (Å²) in [4.78, 5) is -0.605. The highest BCUT2D eigenvalue weighted by Gasteiger charge is 2.23. The van der Waals surface area contributed by atoms with E-state index in [9.17, 15) is 17.2 Å². The lowest BCUT2D eigenvalue weighted by Gasteiger charge is -2.17. The van der Waals surface area contributed by atoms with Crippen LogP contribution in [0.3, 0.4) is 0 Å². The van der Waals surface area contributed by atoms with Crippen molar-refractivity contribution in [3.05, 3.63) is 29.8 Å². The van der Waals surface area contributed by atoms with E-state index in [0.717, 1.165) is 12.1 Å². The van der Waals surface area contributed by atoms with E-state index < -0.39 is 32.6 Å². The quantitative estimate of drug-likeness (QED) is 0.772. The zero-order valence-electron chi connectivity index (χ0n) is 10.4. The van der Waals surface area contributed by atoms with Crippen LogP contribution >= 0.6 is 0 Å². The zero-order chi connectivity index (χ0) is 14.5. The van der Waals surface area contributed by atoms with Crippen LogP contribution in [0.4, 0.5) is 8.78 Å². The van der Waals surface area contributed by atoms with Crippen LogP contribution in [0.25, 0.3) is 0 Å². The molecular formula is C11H16F2N2O3S. The van der Waals surface area contributed by atoms with Crippen LogP contribution < -0.4 is 10.5 Å². The standard InChI is InChI=1S/C11H16F2N2O3S/c1-18-7-9(4-5-14)15-19(16,17)11-3-2-8(12)6-10(11)13/h2-3,6,9,15H,4-5,7,14H2,1H3. The molecule has 8 heteroatoms. The molecule has 0 aliphatic rings. The zero-order valence-corrected chi connectivity index (χ0v) is 11.2. The molecule has 19 heavy (non-hydrogen) atoms. The minimum Gasteiger partial charge on any atom is -0.383 e. The number of sulfonamides is 1. The predicted molar refractivity (Wildman–Crippen MR) is 66.0 cm³/mol. The highest BCUT2D eigenvalue weighted by Crippen LogP contribution is 2.16. The Bertz CT molecular complexity index is 517. The average molecular weight is 294 g/mol. The van der Waals surface area contributed by atoms with Crippen LogP contribution in [0.5, 0.6) is 0 Å². The van der Waals surface area contributed by atoms with Gasteiger partial charge < -0.3 is 10.5 Å². The molecule has 108 valence electrons. The maximum absolute atomic E-state index is 13.5. The normalized spacial score (nSPS) is 13.5. The molecule has 0 saturated heterocycles. The van der Waals surface area contributed by atoms with E-state index >= 15 is 0 Å². The molecule has 0 amide bonds. The molecule has 0 fully saturated rings. The number of nitrogens with two attached hydrogens (primary N) is 1. The fourth-order valence-electron chi connectivity index (χ4n) is 1.55. The Morgan fingerprint density at radius 2 is 2.11 bits per heavy atom. The summed E-state index contributed by atoms with van der Waals surface area (Å²) in [5.41, 5.74) is 5.35. The summed E-state index contributed by atoms with van der Waals surface area (Å²) in [5.74, 6) is -1.98. The van der Waals surface area contributed by atoms with Crippen molar-refractivity contribution in [3.63, 3.8) is 0 Å². The van der Waals surface area contributed by atoms with Gasteiger partial charge in [0.15, 0.2) is 0 Å². The van der Waals surface area contributed by atoms with E-state index in [1.54, 1.807) is 0 Å². The summed E-state index contributed by atoms with van der Waals surface area (Å²) in [5, 5.41) is 0. The fourth-order valence-corrected chi connectivity index (χ4v) is 2.87. The van der Waals surface area contributed by atoms with Crippen molar-refractivity contribution >= 4 is 10.0 Å². The van der Waals surface area contributed by atoms with Crippen molar-refractivity contribution in [2.75, 3.05) is 20.3 Å². The van der Waals surface area contributed by atoms with Gasteiger partial charge in [-0.3, -0.25) is 0 Å². The van der Waals surface area contributed by atoms with Crippen LogP contribution in [0, 0.1) is 11.6 Å². The van der Waals surface area contributed by atoms with Gasteiger partial charge in [0, 0.05) is 19.2 Å². The van der Waals surface area contributed by atoms with Gasteiger partial charge in [0.05, 0.1) is 6.61 Å². The molecule has 1 atom stereocenters. The number of hydrogen-bond donors (Lipinski definition) is 2. The molecule has 1 aromatic carbocycles. The van der Waals surface area contributed by atoms with E-state index in [1.807, 2.05) is 0 Å². The Balaban J connectivity index is 2.96. The number of halogens is 2. The Labute approximate surface area is 110 Å². The number of methoxy groups -OCH3 is 1. The molecule has 0 aliphatic carbocycles. The van der Waals surface area contributed by atoms with Crippen molar-refractivity contribution in [3.8, 4) is 0 Å². The van der Waals surface area contributed by atoms with E-state index in [4.69, 9.17) is 10.5 Å². The van der Waals surface area contributed by atoms with E-state index in [1.165, 1.54) is 7.11 Å². The number of ether oxygens (including phenoxy) is 1. The molecule has 3 N–H and O–H groups in total. The number of benzene rings is 1. The summed E-state index contributed by atoms with van der Waals surface area (Å²) >= 11 is 0. The number of rotatable bonds is 7. The van der Waals surface area contributed by atoms with Gasteiger partial charge in [-0.25, -0.2) is 21.9 Å². The van der Waals surface area contributed by atoms with Gasteiger partial charge in [-0.15, -0.1) is 0 Å². The number of hydrogen-bond acceptors (Lipinski definition) is 4. The smallest absolute Gasteiger partial charge is 0.243 e. The monoisotopic (exact) mass is 294 g/mol. The highest BCUT2D eigenvalue weighted by atomic mass is 32.2. The lowest BCUT2D eigenvalue weighted by Crippen LogP contribution is -2.39. The van der Waals surface area contributed by atoms with Gasteiger partial charge in [-0.1, -0.05) is 0 Å². The summed E-state index contributed by atoms with van der Waals surface area (Å²) in [6, 6.07) is 1.71.